The number of aromatic nitrogens is 4. The van der Waals surface area contributed by atoms with Crippen LogP contribution in [-0.4, -0.2) is 9.97 Å². The van der Waals surface area contributed by atoms with Gasteiger partial charge >= 0.3 is 12.1 Å². The van der Waals surface area contributed by atoms with Crippen LogP contribution in [0.5, 0.6) is 0 Å². The molecule has 0 saturated carbocycles. The molecular weight excluding hydrogens is 346 g/mol. The van der Waals surface area contributed by atoms with Crippen LogP contribution in [0.1, 0.15) is 29.5 Å². The van der Waals surface area contributed by atoms with Crippen LogP contribution >= 0.6 is 0 Å². The van der Waals surface area contributed by atoms with E-state index in [1.807, 2.05) is 18.5 Å². The molecule has 2 aromatic carbocycles. The van der Waals surface area contributed by atoms with Crippen molar-refractivity contribution in [3.05, 3.63) is 71.5 Å². The summed E-state index contributed by atoms with van der Waals surface area (Å²) in [6.45, 7) is 0. The maximum Gasteiger partial charge on any atom is 0.356 e. The Balaban J connectivity index is 1.88. The standard InChI is InChI=1S/C23H17N5/c24-13-17-15-7-1-2-8-16(15)23(27-14-25-18-9-3-5-11-20(18)27)28-21-12-6-4-10-19(21)26-22(17)28/h3-6,9-12,14H,1-2,7-8H2/p+2. The second-order valence-corrected chi connectivity index (χ2v) is 7.46. The van der Waals surface area contributed by atoms with Gasteiger partial charge in [0.25, 0.3) is 5.65 Å². The minimum Gasteiger partial charge on any atom is -0.310 e. The number of para-hydroxylation sites is 4. The Hall–Kier alpha value is -3.65. The first kappa shape index (κ1) is 15.4. The van der Waals surface area contributed by atoms with Crippen molar-refractivity contribution < 1.29 is 8.97 Å². The first-order chi connectivity index (χ1) is 13.9. The van der Waals surface area contributed by atoms with Crippen molar-refractivity contribution in [3.8, 4) is 11.9 Å². The summed E-state index contributed by atoms with van der Waals surface area (Å²) in [5.74, 6) is 1.14. The number of pyridine rings is 1. The lowest BCUT2D eigenvalue weighted by molar-refractivity contribution is -0.681. The largest absolute Gasteiger partial charge is 0.356 e. The van der Waals surface area contributed by atoms with E-state index < -0.39 is 0 Å². The van der Waals surface area contributed by atoms with E-state index in [1.54, 1.807) is 0 Å². The average Bonchev–Trinajstić information content (AvgIpc) is 3.34. The fourth-order valence-corrected chi connectivity index (χ4v) is 4.74. The van der Waals surface area contributed by atoms with Crippen molar-refractivity contribution >= 4 is 27.7 Å². The van der Waals surface area contributed by atoms with Crippen molar-refractivity contribution in [2.24, 2.45) is 0 Å². The summed E-state index contributed by atoms with van der Waals surface area (Å²) in [5.41, 5.74) is 8.54. The van der Waals surface area contributed by atoms with Crippen molar-refractivity contribution in [2.45, 2.75) is 25.7 Å². The molecule has 3 heterocycles. The molecule has 0 saturated heterocycles. The van der Waals surface area contributed by atoms with E-state index in [4.69, 9.17) is 0 Å². The molecule has 0 bridgehead atoms. The highest BCUT2D eigenvalue weighted by atomic mass is 15.2. The van der Waals surface area contributed by atoms with Crippen molar-refractivity contribution in [2.75, 3.05) is 0 Å². The van der Waals surface area contributed by atoms with Gasteiger partial charge in [-0.05, 0) is 55.5 Å². The van der Waals surface area contributed by atoms with E-state index in [9.17, 15) is 5.26 Å². The van der Waals surface area contributed by atoms with Crippen molar-refractivity contribution in [1.82, 2.24) is 9.97 Å². The number of H-pyrrole nitrogens is 2. The van der Waals surface area contributed by atoms with E-state index in [1.165, 1.54) is 11.1 Å². The van der Waals surface area contributed by atoms with E-state index in [-0.39, 0.29) is 0 Å². The molecule has 0 atom stereocenters. The van der Waals surface area contributed by atoms with Crippen LogP contribution in [0.15, 0.2) is 54.9 Å². The minimum atomic E-state index is 0.787. The van der Waals surface area contributed by atoms with Gasteiger partial charge in [0.1, 0.15) is 11.6 Å². The van der Waals surface area contributed by atoms with Gasteiger partial charge < -0.3 is 4.98 Å². The Kier molecular flexibility index (Phi) is 3.12. The van der Waals surface area contributed by atoms with Gasteiger partial charge in [0, 0.05) is 0 Å². The molecule has 1 aliphatic carbocycles. The number of benzene rings is 2. The number of aromatic amines is 2. The maximum atomic E-state index is 10.0. The number of hydrogen-bond donors (Lipinski definition) is 2. The highest BCUT2D eigenvalue weighted by Gasteiger charge is 2.34. The molecular formula is C23H19N5+2. The van der Waals surface area contributed by atoms with Crippen molar-refractivity contribution in [3.63, 3.8) is 0 Å². The lowest BCUT2D eigenvalue weighted by atomic mass is 9.89. The van der Waals surface area contributed by atoms with Gasteiger partial charge in [0.05, 0.1) is 11.1 Å². The lowest BCUT2D eigenvalue weighted by Crippen LogP contribution is -2.45. The monoisotopic (exact) mass is 365 g/mol. The van der Waals surface area contributed by atoms with E-state index in [0.29, 0.717) is 0 Å². The first-order valence-electron chi connectivity index (χ1n) is 9.75. The van der Waals surface area contributed by atoms with Crippen LogP contribution in [0.3, 0.4) is 0 Å². The predicted octanol–water partition coefficient (Wildman–Crippen LogP) is 3.42. The van der Waals surface area contributed by atoms with Crippen molar-refractivity contribution in [1.29, 1.82) is 5.26 Å². The smallest absolute Gasteiger partial charge is 0.310 e. The Morgan fingerprint density at radius 3 is 2.39 bits per heavy atom. The summed E-state index contributed by atoms with van der Waals surface area (Å²) in [6, 6.07) is 19.1. The fourth-order valence-electron chi connectivity index (χ4n) is 4.74. The van der Waals surface area contributed by atoms with Gasteiger partial charge in [-0.1, -0.05) is 24.3 Å². The normalized spacial score (nSPS) is 13.8. The fraction of sp³-hybridized carbons (Fsp3) is 0.174. The molecule has 5 aromatic rings. The summed E-state index contributed by atoms with van der Waals surface area (Å²) in [4.78, 5) is 6.92. The molecule has 0 radical (unpaired) electrons. The van der Waals surface area contributed by atoms with E-state index >= 15 is 0 Å². The van der Waals surface area contributed by atoms with Gasteiger partial charge in [-0.25, -0.2) is 4.98 Å². The molecule has 0 unspecified atom stereocenters. The summed E-state index contributed by atoms with van der Waals surface area (Å²) >= 11 is 0. The van der Waals surface area contributed by atoms with Crippen LogP contribution in [0.25, 0.3) is 33.5 Å². The molecule has 3 aromatic heterocycles. The molecule has 5 heteroatoms. The van der Waals surface area contributed by atoms with Gasteiger partial charge in [-0.2, -0.15) is 5.26 Å². The zero-order valence-corrected chi connectivity index (χ0v) is 15.4. The zero-order valence-electron chi connectivity index (χ0n) is 15.4. The van der Waals surface area contributed by atoms with Crippen LogP contribution in [0.2, 0.25) is 0 Å². The Labute approximate surface area is 161 Å². The highest BCUT2D eigenvalue weighted by Crippen LogP contribution is 2.29. The molecule has 0 fully saturated rings. The Morgan fingerprint density at radius 1 is 0.857 bits per heavy atom. The third-order valence-electron chi connectivity index (χ3n) is 5.96. The number of nitriles is 1. The summed E-state index contributed by atoms with van der Waals surface area (Å²) in [5, 5.41) is 10.0. The molecule has 0 spiro atoms. The molecule has 6 rings (SSSR count). The second kappa shape index (κ2) is 5.67. The first-order valence-corrected chi connectivity index (χ1v) is 9.75. The molecule has 2 N–H and O–H groups in total. The summed E-state index contributed by atoms with van der Waals surface area (Å²) in [7, 11) is 0. The van der Waals surface area contributed by atoms with Gasteiger partial charge in [0.2, 0.25) is 11.0 Å². The number of nitrogens with one attached hydrogen (secondary N) is 2. The zero-order chi connectivity index (χ0) is 18.7. The molecule has 1 aliphatic rings. The van der Waals surface area contributed by atoms with E-state index in [0.717, 1.165) is 64.8 Å². The topological polar surface area (TPSA) is 63.3 Å². The van der Waals surface area contributed by atoms with Gasteiger partial charge in [0.15, 0.2) is 5.52 Å². The van der Waals surface area contributed by atoms with Gasteiger partial charge in [-0.3, -0.25) is 0 Å². The number of fused-ring (bicyclic) bond motifs is 5. The SMILES string of the molecule is N#Cc1c2c(c(-[n+]3c[nH]c4ccccc43)[n+]3c1[nH]c1ccccc13)CCCC2. The van der Waals surface area contributed by atoms with Crippen LogP contribution < -0.4 is 8.97 Å². The van der Waals surface area contributed by atoms with Gasteiger partial charge in [-0.15, -0.1) is 8.97 Å². The molecule has 5 nitrogen and oxygen atoms in total. The van der Waals surface area contributed by atoms with Crippen LogP contribution in [0, 0.1) is 11.3 Å². The molecule has 28 heavy (non-hydrogen) atoms. The Morgan fingerprint density at radius 2 is 1.57 bits per heavy atom. The highest BCUT2D eigenvalue weighted by molar-refractivity contribution is 5.77. The lowest BCUT2D eigenvalue weighted by Gasteiger charge is -2.16. The third kappa shape index (κ3) is 1.95. The number of rotatable bonds is 1. The quantitative estimate of drug-likeness (QED) is 0.439. The van der Waals surface area contributed by atoms with E-state index in [2.05, 4.69) is 61.4 Å². The Bertz CT molecular complexity index is 1430. The second-order valence-electron chi connectivity index (χ2n) is 7.46. The maximum absolute atomic E-state index is 10.0. The summed E-state index contributed by atoms with van der Waals surface area (Å²) in [6.07, 6.45) is 6.28. The summed E-state index contributed by atoms with van der Waals surface area (Å²) < 4.78 is 4.48. The van der Waals surface area contributed by atoms with Crippen LogP contribution in [0.4, 0.5) is 0 Å². The van der Waals surface area contributed by atoms with Crippen LogP contribution in [-0.2, 0) is 12.8 Å². The number of nitrogens with zero attached hydrogens (tertiary/aromatic N) is 3. The molecule has 0 aliphatic heterocycles. The predicted molar refractivity (Wildman–Crippen MR) is 106 cm³/mol. The third-order valence-corrected chi connectivity index (χ3v) is 5.96. The molecule has 134 valence electrons. The molecule has 0 amide bonds. The number of imidazole rings is 2. The average molecular weight is 365 g/mol. The number of hydrogen-bond acceptors (Lipinski definition) is 1. The minimum absolute atomic E-state index is 0.787.